The first-order valence-corrected chi connectivity index (χ1v) is 9.89. The SMILES string of the molecule is CC(=O)C1=C(O)C(=O)N(CC2(c3ccccc3)CCCC2)C1c1ccccc1. The highest BCUT2D eigenvalue weighted by molar-refractivity contribution is 6.08. The number of benzene rings is 2. The van der Waals surface area contributed by atoms with Crippen molar-refractivity contribution in [3.8, 4) is 0 Å². The average Bonchev–Trinajstić information content (AvgIpc) is 3.29. The monoisotopic (exact) mass is 375 g/mol. The highest BCUT2D eigenvalue weighted by Gasteiger charge is 2.47. The van der Waals surface area contributed by atoms with E-state index >= 15 is 0 Å². The molecule has 0 radical (unpaired) electrons. The Hall–Kier alpha value is -2.88. The lowest BCUT2D eigenvalue weighted by molar-refractivity contribution is -0.130. The third-order valence-electron chi connectivity index (χ3n) is 6.22. The van der Waals surface area contributed by atoms with Crippen LogP contribution in [0.5, 0.6) is 0 Å². The number of ketones is 1. The molecule has 4 rings (SSSR count). The van der Waals surface area contributed by atoms with Crippen LogP contribution < -0.4 is 0 Å². The molecule has 144 valence electrons. The smallest absolute Gasteiger partial charge is 0.290 e. The summed E-state index contributed by atoms with van der Waals surface area (Å²) < 4.78 is 0. The second kappa shape index (κ2) is 7.27. The molecule has 0 aromatic heterocycles. The van der Waals surface area contributed by atoms with E-state index in [1.54, 1.807) is 4.90 Å². The molecule has 4 heteroatoms. The zero-order valence-electron chi connectivity index (χ0n) is 16.1. The Morgan fingerprint density at radius 1 is 1.04 bits per heavy atom. The van der Waals surface area contributed by atoms with Gasteiger partial charge in [0.25, 0.3) is 5.91 Å². The molecule has 2 aliphatic rings. The molecule has 28 heavy (non-hydrogen) atoms. The first kappa shape index (κ1) is 18.5. The van der Waals surface area contributed by atoms with Gasteiger partial charge in [-0.1, -0.05) is 73.5 Å². The summed E-state index contributed by atoms with van der Waals surface area (Å²) >= 11 is 0. The van der Waals surface area contributed by atoms with Gasteiger partial charge in [0.15, 0.2) is 11.5 Å². The molecule has 1 heterocycles. The quantitative estimate of drug-likeness (QED) is 0.838. The van der Waals surface area contributed by atoms with Gasteiger partial charge in [-0.15, -0.1) is 0 Å². The highest BCUT2D eigenvalue weighted by atomic mass is 16.3. The molecule has 1 amide bonds. The summed E-state index contributed by atoms with van der Waals surface area (Å²) in [6.07, 6.45) is 4.23. The minimum Gasteiger partial charge on any atom is -0.503 e. The van der Waals surface area contributed by atoms with Gasteiger partial charge in [0.2, 0.25) is 0 Å². The summed E-state index contributed by atoms with van der Waals surface area (Å²) in [5.41, 5.74) is 2.14. The van der Waals surface area contributed by atoms with E-state index < -0.39 is 17.7 Å². The van der Waals surface area contributed by atoms with Crippen LogP contribution >= 0.6 is 0 Å². The number of nitrogens with zero attached hydrogens (tertiary/aromatic N) is 1. The molecular formula is C24H25NO3. The third kappa shape index (κ3) is 3.03. The molecule has 1 saturated carbocycles. The number of amides is 1. The number of aliphatic hydroxyl groups excluding tert-OH is 1. The molecule has 1 aliphatic carbocycles. The molecule has 0 spiro atoms. The normalized spacial score (nSPS) is 21.4. The summed E-state index contributed by atoms with van der Waals surface area (Å²) in [6, 6.07) is 19.3. The van der Waals surface area contributed by atoms with Crippen molar-refractivity contribution in [2.45, 2.75) is 44.1 Å². The van der Waals surface area contributed by atoms with Crippen LogP contribution in [0.4, 0.5) is 0 Å². The maximum absolute atomic E-state index is 13.0. The van der Waals surface area contributed by atoms with Crippen molar-refractivity contribution in [1.29, 1.82) is 0 Å². The van der Waals surface area contributed by atoms with Crippen LogP contribution in [-0.2, 0) is 15.0 Å². The molecule has 2 aromatic rings. The second-order valence-corrected chi connectivity index (χ2v) is 7.92. The molecule has 1 aliphatic heterocycles. The van der Waals surface area contributed by atoms with Gasteiger partial charge in [-0.05, 0) is 30.9 Å². The van der Waals surface area contributed by atoms with Crippen molar-refractivity contribution in [2.24, 2.45) is 0 Å². The van der Waals surface area contributed by atoms with Gasteiger partial charge < -0.3 is 10.0 Å². The highest BCUT2D eigenvalue weighted by Crippen LogP contribution is 2.46. The lowest BCUT2D eigenvalue weighted by Gasteiger charge is -2.37. The first-order chi connectivity index (χ1) is 13.5. The molecule has 1 unspecified atom stereocenters. The molecule has 2 aromatic carbocycles. The number of hydrogen-bond donors (Lipinski definition) is 1. The van der Waals surface area contributed by atoms with Crippen molar-refractivity contribution >= 4 is 11.7 Å². The molecular weight excluding hydrogens is 350 g/mol. The van der Waals surface area contributed by atoms with Crippen molar-refractivity contribution in [2.75, 3.05) is 6.54 Å². The van der Waals surface area contributed by atoms with Crippen molar-refractivity contribution < 1.29 is 14.7 Å². The topological polar surface area (TPSA) is 57.6 Å². The maximum Gasteiger partial charge on any atom is 0.290 e. The fourth-order valence-electron chi connectivity index (χ4n) is 4.87. The molecule has 1 atom stereocenters. The Labute approximate surface area is 165 Å². The Morgan fingerprint density at radius 2 is 1.61 bits per heavy atom. The number of rotatable bonds is 5. The molecule has 4 nitrogen and oxygen atoms in total. The van der Waals surface area contributed by atoms with Crippen LogP contribution in [0.1, 0.15) is 49.8 Å². The fraction of sp³-hybridized carbons (Fsp3) is 0.333. The largest absolute Gasteiger partial charge is 0.503 e. The summed E-state index contributed by atoms with van der Waals surface area (Å²) in [7, 11) is 0. The lowest BCUT2D eigenvalue weighted by Crippen LogP contribution is -2.42. The van der Waals surface area contributed by atoms with E-state index in [4.69, 9.17) is 0 Å². The Balaban J connectivity index is 1.77. The Bertz CT molecular complexity index is 911. The van der Waals surface area contributed by atoms with Gasteiger partial charge in [0, 0.05) is 12.0 Å². The number of carbonyl (C=O) groups excluding carboxylic acids is 2. The predicted octanol–water partition coefficient (Wildman–Crippen LogP) is 4.48. The second-order valence-electron chi connectivity index (χ2n) is 7.92. The van der Waals surface area contributed by atoms with Crippen molar-refractivity contribution in [3.63, 3.8) is 0 Å². The van der Waals surface area contributed by atoms with Crippen LogP contribution in [0.25, 0.3) is 0 Å². The van der Waals surface area contributed by atoms with Crippen molar-refractivity contribution in [3.05, 3.63) is 83.1 Å². The summed E-state index contributed by atoms with van der Waals surface area (Å²) in [6.45, 7) is 1.91. The number of carbonyl (C=O) groups is 2. The Morgan fingerprint density at radius 3 is 2.18 bits per heavy atom. The van der Waals surface area contributed by atoms with E-state index in [0.717, 1.165) is 31.2 Å². The zero-order chi connectivity index (χ0) is 19.7. The van der Waals surface area contributed by atoms with Gasteiger partial charge in [0.1, 0.15) is 0 Å². The zero-order valence-corrected chi connectivity index (χ0v) is 16.1. The first-order valence-electron chi connectivity index (χ1n) is 9.89. The van der Waals surface area contributed by atoms with Crippen LogP contribution in [0.2, 0.25) is 0 Å². The Kier molecular flexibility index (Phi) is 4.80. The van der Waals surface area contributed by atoms with Gasteiger partial charge in [-0.25, -0.2) is 0 Å². The standard InChI is InChI=1S/C24H25NO3/c1-17(26)20-21(18-10-4-2-5-11-18)25(23(28)22(20)27)16-24(14-8-9-15-24)19-12-6-3-7-13-19/h2-7,10-13,21,27H,8-9,14-16H2,1H3. The van der Waals surface area contributed by atoms with E-state index in [1.165, 1.54) is 12.5 Å². The van der Waals surface area contributed by atoms with Crippen molar-refractivity contribution in [1.82, 2.24) is 4.90 Å². The summed E-state index contributed by atoms with van der Waals surface area (Å²) in [5.74, 6) is -1.11. The number of Topliss-reactive ketones (excluding diaryl/α,β-unsaturated/α-hetero) is 1. The van der Waals surface area contributed by atoms with Gasteiger partial charge in [-0.3, -0.25) is 9.59 Å². The fourth-order valence-corrected chi connectivity index (χ4v) is 4.87. The van der Waals surface area contributed by atoms with E-state index in [2.05, 4.69) is 12.1 Å². The average molecular weight is 375 g/mol. The van der Waals surface area contributed by atoms with E-state index in [-0.39, 0.29) is 16.8 Å². The molecule has 1 fully saturated rings. The van der Waals surface area contributed by atoms with Crippen LogP contribution in [-0.4, -0.2) is 28.2 Å². The van der Waals surface area contributed by atoms with Crippen LogP contribution in [0.15, 0.2) is 72.0 Å². The molecule has 0 bridgehead atoms. The summed E-state index contributed by atoms with van der Waals surface area (Å²) in [4.78, 5) is 27.1. The minimum atomic E-state index is -0.535. The van der Waals surface area contributed by atoms with Gasteiger partial charge >= 0.3 is 0 Å². The lowest BCUT2D eigenvalue weighted by atomic mass is 9.78. The van der Waals surface area contributed by atoms with Crippen LogP contribution in [0.3, 0.4) is 0 Å². The van der Waals surface area contributed by atoms with Gasteiger partial charge in [0.05, 0.1) is 11.6 Å². The molecule has 0 saturated heterocycles. The van der Waals surface area contributed by atoms with E-state index in [9.17, 15) is 14.7 Å². The number of hydrogen-bond acceptors (Lipinski definition) is 3. The van der Waals surface area contributed by atoms with E-state index in [0.29, 0.717) is 6.54 Å². The minimum absolute atomic E-state index is 0.142. The van der Waals surface area contributed by atoms with E-state index in [1.807, 2.05) is 48.5 Å². The molecule has 1 N–H and O–H groups in total. The predicted molar refractivity (Wildman–Crippen MR) is 108 cm³/mol. The number of aliphatic hydroxyl groups is 1. The van der Waals surface area contributed by atoms with Gasteiger partial charge in [-0.2, -0.15) is 0 Å². The maximum atomic E-state index is 13.0. The summed E-state index contributed by atoms with van der Waals surface area (Å²) in [5, 5.41) is 10.5. The third-order valence-corrected chi connectivity index (χ3v) is 6.22. The van der Waals surface area contributed by atoms with Crippen LogP contribution in [0, 0.1) is 0 Å².